The van der Waals surface area contributed by atoms with Crippen molar-refractivity contribution in [3.63, 3.8) is 0 Å². The Bertz CT molecular complexity index is 1530. The van der Waals surface area contributed by atoms with E-state index in [1.807, 2.05) is 0 Å². The van der Waals surface area contributed by atoms with Gasteiger partial charge in [-0.25, -0.2) is 4.79 Å². The third-order valence-corrected chi connectivity index (χ3v) is 8.75. The van der Waals surface area contributed by atoms with Crippen molar-refractivity contribution in [1.82, 2.24) is 0 Å². The molecule has 0 amide bonds. The van der Waals surface area contributed by atoms with E-state index in [0.29, 0.717) is 5.75 Å². The molecule has 0 aliphatic carbocycles. The zero-order valence-electron chi connectivity index (χ0n) is 21.8. The summed E-state index contributed by atoms with van der Waals surface area (Å²) in [7, 11) is -7.56. The molecule has 0 spiro atoms. The number of methoxy groups -OCH3 is 1. The van der Waals surface area contributed by atoms with Gasteiger partial charge in [-0.2, -0.15) is 16.8 Å². The Kier molecular flexibility index (Phi) is 8.93. The Labute approximate surface area is 232 Å². The van der Waals surface area contributed by atoms with Gasteiger partial charge in [-0.15, -0.1) is 0 Å². The van der Waals surface area contributed by atoms with Crippen LogP contribution in [0, 0.1) is 13.8 Å². The second-order valence-electron chi connectivity index (χ2n) is 9.05. The van der Waals surface area contributed by atoms with Gasteiger partial charge in [0.15, 0.2) is 12.4 Å². The Morgan fingerprint density at radius 3 is 1.77 bits per heavy atom. The highest BCUT2D eigenvalue weighted by atomic mass is 32.2. The third kappa shape index (κ3) is 6.86. The lowest BCUT2D eigenvalue weighted by atomic mass is 10.1. The highest BCUT2D eigenvalue weighted by Gasteiger charge is 2.48. The lowest BCUT2D eigenvalue weighted by Gasteiger charge is -2.38. The molecule has 3 aromatic carbocycles. The molecule has 1 aliphatic heterocycles. The molecule has 13 heteroatoms. The molecule has 11 nitrogen and oxygen atoms in total. The average Bonchev–Trinajstić information content (AvgIpc) is 2.92. The smallest absolute Gasteiger partial charge is 0.338 e. The topological polar surface area (TPSA) is 152 Å². The second kappa shape index (κ2) is 12.0. The van der Waals surface area contributed by atoms with Crippen LogP contribution in [0.1, 0.15) is 21.5 Å². The van der Waals surface area contributed by atoms with E-state index in [-0.39, 0.29) is 15.4 Å². The van der Waals surface area contributed by atoms with Crippen molar-refractivity contribution >= 4 is 26.2 Å². The molecule has 0 saturated carbocycles. The second-order valence-corrected chi connectivity index (χ2v) is 12.2. The van der Waals surface area contributed by atoms with Gasteiger partial charge in [-0.05, 0) is 62.4 Å². The summed E-state index contributed by atoms with van der Waals surface area (Å²) in [6, 6.07) is 17.3. The van der Waals surface area contributed by atoms with Crippen molar-refractivity contribution in [2.45, 2.75) is 48.2 Å². The lowest BCUT2D eigenvalue weighted by Crippen LogP contribution is -2.57. The summed E-state index contributed by atoms with van der Waals surface area (Å²) in [4.78, 5) is 12.5. The van der Waals surface area contributed by atoms with Crippen molar-refractivity contribution in [1.29, 1.82) is 0 Å². The maximum absolute atomic E-state index is 13.2. The molecule has 1 aliphatic rings. The van der Waals surface area contributed by atoms with Gasteiger partial charge in [0.25, 0.3) is 20.2 Å². The van der Waals surface area contributed by atoms with Crippen molar-refractivity contribution in [3.8, 4) is 5.75 Å². The summed E-state index contributed by atoms with van der Waals surface area (Å²) in [5.74, 6) is -0.489. The first-order valence-corrected chi connectivity index (χ1v) is 14.9. The molecule has 1 fully saturated rings. The molecule has 40 heavy (non-hydrogen) atoms. The van der Waals surface area contributed by atoms with Gasteiger partial charge in [0.2, 0.25) is 0 Å². The van der Waals surface area contributed by atoms with Crippen LogP contribution in [0.4, 0.5) is 0 Å². The lowest BCUT2D eigenvalue weighted by molar-refractivity contribution is -0.241. The minimum Gasteiger partial charge on any atom is -0.497 e. The van der Waals surface area contributed by atoms with Crippen LogP contribution >= 0.6 is 0 Å². The fourth-order valence-corrected chi connectivity index (χ4v) is 6.01. The first-order chi connectivity index (χ1) is 18.9. The number of carbonyl (C=O) groups is 1. The monoisotopic (exact) mass is 592 g/mol. The average molecular weight is 593 g/mol. The van der Waals surface area contributed by atoms with Gasteiger partial charge in [-0.3, -0.25) is 8.37 Å². The van der Waals surface area contributed by atoms with E-state index >= 15 is 0 Å². The molecule has 0 aromatic heterocycles. The molecule has 214 valence electrons. The van der Waals surface area contributed by atoms with E-state index in [1.165, 1.54) is 55.6 Å². The van der Waals surface area contributed by atoms with Crippen LogP contribution in [0.15, 0.2) is 82.6 Å². The summed E-state index contributed by atoms with van der Waals surface area (Å²) in [6.45, 7) is 2.95. The zero-order chi connectivity index (χ0) is 29.1. The Hall–Kier alpha value is -3.33. The SMILES string of the molecule is COc1ccc(C(=O)O[C@@H]2[C@H](OS(=O)(=O)c3ccc(C)cc3)[C@@H](OS(=O)(=O)c3ccc(C)cc3)CO[C@@H]2O)cc1. The number of rotatable bonds is 9. The molecule has 3 aromatic rings. The molecule has 1 saturated heterocycles. The largest absolute Gasteiger partial charge is 0.497 e. The Morgan fingerprint density at radius 1 is 0.775 bits per heavy atom. The van der Waals surface area contributed by atoms with E-state index in [4.69, 9.17) is 22.6 Å². The van der Waals surface area contributed by atoms with Crippen LogP contribution in [0.25, 0.3) is 0 Å². The van der Waals surface area contributed by atoms with Crippen molar-refractivity contribution in [2.24, 2.45) is 0 Å². The predicted octanol–water partition coefficient (Wildman–Crippen LogP) is 2.73. The number of aliphatic hydroxyl groups excluding tert-OH is 1. The number of benzene rings is 3. The first kappa shape index (κ1) is 29.6. The number of aliphatic hydroxyl groups is 1. The molecular weight excluding hydrogens is 564 g/mol. The summed E-state index contributed by atoms with van der Waals surface area (Å²) in [5.41, 5.74) is 1.64. The highest BCUT2D eigenvalue weighted by Crippen LogP contribution is 2.30. The summed E-state index contributed by atoms with van der Waals surface area (Å²) >= 11 is 0. The van der Waals surface area contributed by atoms with Crippen molar-refractivity contribution in [2.75, 3.05) is 13.7 Å². The molecule has 1 N–H and O–H groups in total. The number of ether oxygens (including phenoxy) is 3. The summed E-state index contributed by atoms with van der Waals surface area (Å²) in [6.07, 6.45) is -7.08. The van der Waals surface area contributed by atoms with Crippen LogP contribution in [0.5, 0.6) is 5.75 Å². The van der Waals surface area contributed by atoms with E-state index in [2.05, 4.69) is 0 Å². The number of carbonyl (C=O) groups excluding carboxylic acids is 1. The normalized spacial score (nSPS) is 21.5. The van der Waals surface area contributed by atoms with Gasteiger partial charge in [0, 0.05) is 0 Å². The quantitative estimate of drug-likeness (QED) is 0.288. The molecule has 0 radical (unpaired) electrons. The maximum atomic E-state index is 13.2. The molecule has 0 unspecified atom stereocenters. The molecule has 1 heterocycles. The van der Waals surface area contributed by atoms with E-state index in [9.17, 15) is 26.7 Å². The Balaban J connectivity index is 1.68. The van der Waals surface area contributed by atoms with Gasteiger partial charge in [-0.1, -0.05) is 35.4 Å². The number of esters is 1. The molecule has 4 rings (SSSR count). The van der Waals surface area contributed by atoms with Gasteiger partial charge in [0.05, 0.1) is 29.1 Å². The van der Waals surface area contributed by atoms with Crippen LogP contribution < -0.4 is 4.74 Å². The fraction of sp³-hybridized carbons (Fsp3) is 0.296. The number of aryl methyl sites for hydroxylation is 2. The third-order valence-electron chi connectivity index (χ3n) is 6.08. The van der Waals surface area contributed by atoms with Gasteiger partial charge in [0.1, 0.15) is 18.0 Å². The molecule has 0 bridgehead atoms. The minimum absolute atomic E-state index is 0.0449. The van der Waals surface area contributed by atoms with Crippen LogP contribution in [-0.2, 0) is 38.1 Å². The first-order valence-electron chi connectivity index (χ1n) is 12.0. The molecular formula is C27H28O11S2. The summed E-state index contributed by atoms with van der Waals surface area (Å²) in [5, 5.41) is 10.6. The van der Waals surface area contributed by atoms with E-state index in [1.54, 1.807) is 38.1 Å². The summed E-state index contributed by atoms with van der Waals surface area (Å²) < 4.78 is 79.0. The predicted molar refractivity (Wildman–Crippen MR) is 141 cm³/mol. The van der Waals surface area contributed by atoms with Gasteiger partial charge < -0.3 is 19.3 Å². The Morgan fingerprint density at radius 2 is 1.27 bits per heavy atom. The minimum atomic E-state index is -4.55. The van der Waals surface area contributed by atoms with Crippen molar-refractivity contribution < 1.29 is 49.3 Å². The fourth-order valence-electron chi connectivity index (χ4n) is 3.83. The van der Waals surface area contributed by atoms with Crippen LogP contribution in [-0.4, -0.2) is 66.2 Å². The zero-order valence-corrected chi connectivity index (χ0v) is 23.4. The molecule has 4 atom stereocenters. The van der Waals surface area contributed by atoms with Crippen molar-refractivity contribution in [3.05, 3.63) is 89.5 Å². The number of hydrogen-bond acceptors (Lipinski definition) is 11. The van der Waals surface area contributed by atoms with Gasteiger partial charge >= 0.3 is 5.97 Å². The standard InChI is InChI=1S/C27H28O11S2/c1-17-4-12-21(13-5-17)39(30,31)37-23-16-35-27(29)25(36-26(28)19-8-10-20(34-3)11-9-19)24(23)38-40(32,33)22-14-6-18(2)7-15-22/h4-15,23-25,27,29H,16H2,1-3H3/t23-,24+,25+,27-/m0/s1. The van der Waals surface area contributed by atoms with Crippen LogP contribution in [0.2, 0.25) is 0 Å². The maximum Gasteiger partial charge on any atom is 0.338 e. The highest BCUT2D eigenvalue weighted by molar-refractivity contribution is 7.87. The van der Waals surface area contributed by atoms with E-state index < -0.39 is 57.4 Å². The van der Waals surface area contributed by atoms with E-state index in [0.717, 1.165) is 11.1 Å². The van der Waals surface area contributed by atoms with Crippen LogP contribution in [0.3, 0.4) is 0 Å². The number of hydrogen-bond donors (Lipinski definition) is 1.